The van der Waals surface area contributed by atoms with E-state index in [0.717, 1.165) is 16.8 Å². The topological polar surface area (TPSA) is 69.6 Å². The lowest BCUT2D eigenvalue weighted by Gasteiger charge is -2.07. The van der Waals surface area contributed by atoms with Crippen LogP contribution in [0, 0.1) is 6.92 Å². The van der Waals surface area contributed by atoms with E-state index in [1.807, 2.05) is 43.3 Å². The van der Waals surface area contributed by atoms with Gasteiger partial charge in [0.2, 0.25) is 0 Å². The van der Waals surface area contributed by atoms with E-state index in [1.54, 1.807) is 10.7 Å². The number of anilines is 1. The molecular weight excluding hydrogens is 274 g/mol. The number of aromatic nitrogens is 4. The molecule has 0 aliphatic rings. The van der Waals surface area contributed by atoms with Gasteiger partial charge in [-0.25, -0.2) is 0 Å². The molecule has 0 atom stereocenters. The lowest BCUT2D eigenvalue weighted by Crippen LogP contribution is -2.01. The van der Waals surface area contributed by atoms with Gasteiger partial charge in [-0.1, -0.05) is 35.9 Å². The van der Waals surface area contributed by atoms with Gasteiger partial charge in [0.1, 0.15) is 0 Å². The van der Waals surface area contributed by atoms with Crippen LogP contribution < -0.4 is 5.73 Å². The number of nitrogens with two attached hydrogens (primary N) is 1. The van der Waals surface area contributed by atoms with Crippen LogP contribution >= 0.6 is 11.6 Å². The van der Waals surface area contributed by atoms with Crippen LogP contribution in [0.4, 0.5) is 5.69 Å². The van der Waals surface area contributed by atoms with Crippen molar-refractivity contribution in [2.24, 2.45) is 0 Å². The highest BCUT2D eigenvalue weighted by Crippen LogP contribution is 2.26. The number of nitrogens with zero attached hydrogens (tertiary/aromatic N) is 4. The van der Waals surface area contributed by atoms with Crippen molar-refractivity contribution in [2.75, 3.05) is 5.73 Å². The average molecular weight is 286 g/mol. The number of para-hydroxylation sites is 1. The summed E-state index contributed by atoms with van der Waals surface area (Å²) in [4.78, 5) is 0. The van der Waals surface area contributed by atoms with Gasteiger partial charge in [0.25, 0.3) is 0 Å². The van der Waals surface area contributed by atoms with Crippen molar-refractivity contribution < 1.29 is 0 Å². The van der Waals surface area contributed by atoms with Crippen LogP contribution in [0.5, 0.6) is 0 Å². The molecule has 0 radical (unpaired) electrons. The van der Waals surface area contributed by atoms with Gasteiger partial charge in [0, 0.05) is 11.3 Å². The minimum atomic E-state index is 0.584. The van der Waals surface area contributed by atoms with Gasteiger partial charge in [0.15, 0.2) is 5.82 Å². The van der Waals surface area contributed by atoms with Crippen molar-refractivity contribution in [3.63, 3.8) is 0 Å². The minimum Gasteiger partial charge on any atom is -0.398 e. The van der Waals surface area contributed by atoms with Crippen molar-refractivity contribution in [1.29, 1.82) is 0 Å². The summed E-state index contributed by atoms with van der Waals surface area (Å²) < 4.78 is 1.60. The van der Waals surface area contributed by atoms with Crippen LogP contribution in [-0.2, 0) is 0 Å². The van der Waals surface area contributed by atoms with Crippen LogP contribution in [0.1, 0.15) is 5.56 Å². The van der Waals surface area contributed by atoms with Gasteiger partial charge in [-0.2, -0.15) is 4.68 Å². The molecule has 0 saturated heterocycles. The highest BCUT2D eigenvalue weighted by atomic mass is 35.5. The number of hydrogen-bond donors (Lipinski definition) is 1. The Bertz CT molecular complexity index is 766. The summed E-state index contributed by atoms with van der Waals surface area (Å²) in [7, 11) is 0. The zero-order valence-electron chi connectivity index (χ0n) is 10.8. The molecule has 0 amide bonds. The standard InChI is InChI=1S/C14H12ClN5/c1-9-6-7-10(8-12(9)16)14-17-18-19-20(14)13-5-3-2-4-11(13)15/h2-8H,16H2,1H3. The van der Waals surface area contributed by atoms with Gasteiger partial charge < -0.3 is 5.73 Å². The lowest BCUT2D eigenvalue weighted by atomic mass is 10.1. The molecule has 2 aromatic carbocycles. The molecule has 1 aromatic heterocycles. The van der Waals surface area contributed by atoms with Crippen molar-refractivity contribution in [1.82, 2.24) is 20.2 Å². The molecule has 0 bridgehead atoms. The highest BCUT2D eigenvalue weighted by Gasteiger charge is 2.13. The number of benzene rings is 2. The summed E-state index contributed by atoms with van der Waals surface area (Å²) in [5, 5.41) is 12.4. The fraction of sp³-hybridized carbons (Fsp3) is 0.0714. The number of nitrogen functional groups attached to an aromatic ring is 1. The van der Waals surface area contributed by atoms with E-state index >= 15 is 0 Å². The molecule has 20 heavy (non-hydrogen) atoms. The monoisotopic (exact) mass is 285 g/mol. The molecule has 1 heterocycles. The predicted octanol–water partition coefficient (Wildman–Crippen LogP) is 2.87. The maximum absolute atomic E-state index is 6.19. The van der Waals surface area contributed by atoms with Gasteiger partial charge in [0.05, 0.1) is 10.7 Å². The fourth-order valence-electron chi connectivity index (χ4n) is 1.93. The van der Waals surface area contributed by atoms with Crippen LogP contribution in [0.3, 0.4) is 0 Å². The molecule has 0 aliphatic heterocycles. The SMILES string of the molecule is Cc1ccc(-c2nnnn2-c2ccccc2Cl)cc1N. The van der Waals surface area contributed by atoms with Gasteiger partial charge >= 0.3 is 0 Å². The Kier molecular flexibility index (Phi) is 3.12. The van der Waals surface area contributed by atoms with Crippen LogP contribution in [0.25, 0.3) is 17.1 Å². The molecule has 0 fully saturated rings. The first-order valence-corrected chi connectivity index (χ1v) is 6.44. The zero-order chi connectivity index (χ0) is 14.1. The summed E-state index contributed by atoms with van der Waals surface area (Å²) in [6.07, 6.45) is 0. The van der Waals surface area contributed by atoms with Crippen molar-refractivity contribution in [3.05, 3.63) is 53.1 Å². The predicted molar refractivity (Wildman–Crippen MR) is 78.7 cm³/mol. The largest absolute Gasteiger partial charge is 0.398 e. The number of hydrogen-bond acceptors (Lipinski definition) is 4. The maximum Gasteiger partial charge on any atom is 0.187 e. The van der Waals surface area contributed by atoms with E-state index in [2.05, 4.69) is 15.5 Å². The lowest BCUT2D eigenvalue weighted by molar-refractivity contribution is 0.791. The summed E-state index contributed by atoms with van der Waals surface area (Å²) in [6.45, 7) is 1.95. The van der Waals surface area contributed by atoms with E-state index in [1.165, 1.54) is 0 Å². The molecule has 0 aliphatic carbocycles. The van der Waals surface area contributed by atoms with E-state index in [9.17, 15) is 0 Å². The van der Waals surface area contributed by atoms with E-state index in [0.29, 0.717) is 16.5 Å². The molecular formula is C14H12ClN5. The molecule has 3 rings (SSSR count). The van der Waals surface area contributed by atoms with E-state index in [-0.39, 0.29) is 0 Å². The summed E-state index contributed by atoms with van der Waals surface area (Å²) in [5.74, 6) is 0.602. The third kappa shape index (κ3) is 2.12. The van der Waals surface area contributed by atoms with Crippen molar-refractivity contribution in [3.8, 4) is 17.1 Å². The fourth-order valence-corrected chi connectivity index (χ4v) is 2.15. The molecule has 0 spiro atoms. The molecule has 6 heteroatoms. The number of rotatable bonds is 2. The van der Waals surface area contributed by atoms with Crippen molar-refractivity contribution >= 4 is 17.3 Å². The first-order chi connectivity index (χ1) is 9.66. The number of halogens is 1. The molecule has 100 valence electrons. The molecule has 3 aromatic rings. The highest BCUT2D eigenvalue weighted by molar-refractivity contribution is 6.32. The Morgan fingerprint density at radius 1 is 1.15 bits per heavy atom. The van der Waals surface area contributed by atoms with E-state index in [4.69, 9.17) is 17.3 Å². The molecule has 0 unspecified atom stereocenters. The maximum atomic E-state index is 6.19. The second-order valence-electron chi connectivity index (χ2n) is 4.44. The van der Waals surface area contributed by atoms with Crippen molar-refractivity contribution in [2.45, 2.75) is 6.92 Å². The Labute approximate surface area is 121 Å². The second kappa shape index (κ2) is 4.94. The summed E-state index contributed by atoms with van der Waals surface area (Å²) >= 11 is 6.19. The van der Waals surface area contributed by atoms with Crippen LogP contribution in [0.2, 0.25) is 5.02 Å². The quantitative estimate of drug-likeness (QED) is 0.735. The third-order valence-electron chi connectivity index (χ3n) is 3.09. The first-order valence-electron chi connectivity index (χ1n) is 6.06. The van der Waals surface area contributed by atoms with Gasteiger partial charge in [-0.05, 0) is 41.1 Å². The summed E-state index contributed by atoms with van der Waals surface area (Å²) in [5.41, 5.74) is 9.24. The minimum absolute atomic E-state index is 0.584. The zero-order valence-corrected chi connectivity index (χ0v) is 11.5. The molecule has 0 saturated carbocycles. The van der Waals surface area contributed by atoms with Crippen LogP contribution in [-0.4, -0.2) is 20.2 Å². The Morgan fingerprint density at radius 2 is 1.95 bits per heavy atom. The van der Waals surface area contributed by atoms with Gasteiger partial charge in [-0.3, -0.25) is 0 Å². The number of aryl methyl sites for hydroxylation is 1. The average Bonchev–Trinajstić information content (AvgIpc) is 2.91. The number of tetrazole rings is 1. The summed E-state index contributed by atoms with van der Waals surface area (Å²) in [6, 6.07) is 13.1. The first kappa shape index (κ1) is 12.6. The Morgan fingerprint density at radius 3 is 2.70 bits per heavy atom. The second-order valence-corrected chi connectivity index (χ2v) is 4.84. The molecule has 2 N–H and O–H groups in total. The smallest absolute Gasteiger partial charge is 0.187 e. The molecule has 5 nitrogen and oxygen atoms in total. The normalized spacial score (nSPS) is 10.7. The van der Waals surface area contributed by atoms with Gasteiger partial charge in [-0.15, -0.1) is 5.10 Å². The Balaban J connectivity index is 2.15. The van der Waals surface area contributed by atoms with Crippen LogP contribution in [0.15, 0.2) is 42.5 Å². The Hall–Kier alpha value is -2.40. The third-order valence-corrected chi connectivity index (χ3v) is 3.41. The van der Waals surface area contributed by atoms with E-state index < -0.39 is 0 Å².